The van der Waals surface area contributed by atoms with Crippen LogP contribution >= 0.6 is 0 Å². The molecule has 0 amide bonds. The van der Waals surface area contributed by atoms with Crippen LogP contribution in [-0.2, 0) is 9.53 Å². The van der Waals surface area contributed by atoms with Crippen molar-refractivity contribution in [3.8, 4) is 0 Å². The second kappa shape index (κ2) is 5.71. The van der Waals surface area contributed by atoms with Crippen LogP contribution in [0.25, 0.3) is 0 Å². The van der Waals surface area contributed by atoms with Crippen LogP contribution in [0.1, 0.15) is 0 Å². The van der Waals surface area contributed by atoms with Gasteiger partial charge in [-0.25, -0.2) is 4.79 Å². The molecule has 1 N–H and O–H groups in total. The fourth-order valence-corrected chi connectivity index (χ4v) is 2.06. The molecule has 1 aromatic carbocycles. The van der Waals surface area contributed by atoms with Crippen molar-refractivity contribution in [3.05, 3.63) is 38.4 Å². The normalized spacial score (nSPS) is 18.3. The van der Waals surface area contributed by atoms with Gasteiger partial charge < -0.3 is 14.7 Å². The predicted octanol–water partition coefficient (Wildman–Crippen LogP) is 0.793. The number of aliphatic carboxylic acids is 1. The molecule has 21 heavy (non-hydrogen) atoms. The van der Waals surface area contributed by atoms with Gasteiger partial charge in [0.05, 0.1) is 29.1 Å². The summed E-state index contributed by atoms with van der Waals surface area (Å²) in [5.41, 5.74) is -0.691. The number of anilines is 1. The molecule has 10 heteroatoms. The number of benzene rings is 1. The number of carboxylic acids is 1. The van der Waals surface area contributed by atoms with Crippen LogP contribution in [-0.4, -0.2) is 46.7 Å². The molecular weight excluding hydrogens is 286 g/mol. The topological polar surface area (TPSA) is 136 Å². The number of non-ortho nitro benzene ring substituents is 1. The second-order valence-electron chi connectivity index (χ2n) is 4.33. The minimum atomic E-state index is -1.16. The van der Waals surface area contributed by atoms with Crippen LogP contribution in [0, 0.1) is 20.2 Å². The number of nitrogens with zero attached hydrogens (tertiary/aromatic N) is 3. The molecular formula is C11H11N3O7. The molecule has 1 heterocycles. The first kappa shape index (κ1) is 14.7. The number of carbonyl (C=O) groups is 1. The number of ether oxygens (including phenoxy) is 1. The van der Waals surface area contributed by atoms with Gasteiger partial charge in [0, 0.05) is 12.6 Å². The monoisotopic (exact) mass is 297 g/mol. The van der Waals surface area contributed by atoms with E-state index in [9.17, 15) is 25.0 Å². The lowest BCUT2D eigenvalue weighted by molar-refractivity contribution is -0.393. The molecule has 1 atom stereocenters. The van der Waals surface area contributed by atoms with Gasteiger partial charge in [0.25, 0.3) is 11.4 Å². The Balaban J connectivity index is 2.36. The van der Waals surface area contributed by atoms with Crippen molar-refractivity contribution in [2.24, 2.45) is 0 Å². The summed E-state index contributed by atoms with van der Waals surface area (Å²) in [4.78, 5) is 32.7. The van der Waals surface area contributed by atoms with E-state index in [2.05, 4.69) is 0 Å². The Morgan fingerprint density at radius 1 is 1.33 bits per heavy atom. The molecule has 1 saturated heterocycles. The highest BCUT2D eigenvalue weighted by Gasteiger charge is 2.30. The van der Waals surface area contributed by atoms with Gasteiger partial charge in [0.15, 0.2) is 6.10 Å². The first-order chi connectivity index (χ1) is 9.90. The van der Waals surface area contributed by atoms with Crippen LogP contribution in [0.3, 0.4) is 0 Å². The molecule has 10 nitrogen and oxygen atoms in total. The standard InChI is InChI=1S/C11H11N3O7/c15-11(16)10-6-12(3-4-21-10)8-2-1-7(13(17)18)5-9(8)14(19)20/h1-2,5,10H,3-4,6H2,(H,15,16). The van der Waals surface area contributed by atoms with Crippen LogP contribution in [0.5, 0.6) is 0 Å². The molecule has 0 spiro atoms. The molecule has 112 valence electrons. The Labute approximate surface area is 117 Å². The van der Waals surface area contributed by atoms with E-state index < -0.39 is 33.3 Å². The summed E-state index contributed by atoms with van der Waals surface area (Å²) in [6.45, 7) is 0.307. The Bertz CT molecular complexity index is 603. The number of nitro groups is 2. The van der Waals surface area contributed by atoms with Crippen molar-refractivity contribution in [1.82, 2.24) is 0 Å². The Kier molecular flexibility index (Phi) is 3.98. The van der Waals surface area contributed by atoms with Crippen molar-refractivity contribution in [3.63, 3.8) is 0 Å². The zero-order chi connectivity index (χ0) is 15.6. The highest BCUT2D eigenvalue weighted by molar-refractivity contribution is 5.75. The molecule has 0 aromatic heterocycles. The zero-order valence-electron chi connectivity index (χ0n) is 10.7. The molecule has 0 aliphatic carbocycles. The number of morpholine rings is 1. The average Bonchev–Trinajstić information content (AvgIpc) is 2.46. The maximum Gasteiger partial charge on any atom is 0.334 e. The minimum Gasteiger partial charge on any atom is -0.479 e. The molecule has 0 radical (unpaired) electrons. The van der Waals surface area contributed by atoms with E-state index in [-0.39, 0.29) is 25.4 Å². The molecule has 1 aliphatic rings. The average molecular weight is 297 g/mol. The molecule has 1 aromatic rings. The van der Waals surface area contributed by atoms with E-state index in [4.69, 9.17) is 9.84 Å². The summed E-state index contributed by atoms with van der Waals surface area (Å²) in [5, 5.41) is 30.7. The molecule has 2 rings (SSSR count). The number of carboxylic acid groups (broad SMARTS) is 1. The maximum atomic E-state index is 11.1. The van der Waals surface area contributed by atoms with Crippen LogP contribution < -0.4 is 4.90 Å². The SMILES string of the molecule is O=C(O)C1CN(c2ccc([N+](=O)[O-])cc2[N+](=O)[O-])CCO1. The molecule has 0 bridgehead atoms. The number of hydrogen-bond acceptors (Lipinski definition) is 7. The first-order valence-corrected chi connectivity index (χ1v) is 5.92. The molecule has 1 aliphatic heterocycles. The summed E-state index contributed by atoms with van der Waals surface area (Å²) >= 11 is 0. The quantitative estimate of drug-likeness (QED) is 0.636. The van der Waals surface area contributed by atoms with Gasteiger partial charge >= 0.3 is 5.97 Å². The fourth-order valence-electron chi connectivity index (χ4n) is 2.06. The molecule has 1 unspecified atom stereocenters. The summed E-state index contributed by atoms with van der Waals surface area (Å²) in [5.74, 6) is -1.16. The summed E-state index contributed by atoms with van der Waals surface area (Å²) in [6.07, 6.45) is -1.09. The van der Waals surface area contributed by atoms with Crippen molar-refractivity contribution < 1.29 is 24.5 Å². The van der Waals surface area contributed by atoms with E-state index in [1.807, 2.05) is 0 Å². The van der Waals surface area contributed by atoms with Crippen LogP contribution in [0.15, 0.2) is 18.2 Å². The zero-order valence-corrected chi connectivity index (χ0v) is 10.7. The van der Waals surface area contributed by atoms with E-state index in [0.717, 1.165) is 12.1 Å². The summed E-state index contributed by atoms with van der Waals surface area (Å²) in [7, 11) is 0. The van der Waals surface area contributed by atoms with Crippen molar-refractivity contribution in [2.45, 2.75) is 6.10 Å². The third-order valence-corrected chi connectivity index (χ3v) is 3.05. The fraction of sp³-hybridized carbons (Fsp3) is 0.364. The largest absolute Gasteiger partial charge is 0.479 e. The number of rotatable bonds is 4. The summed E-state index contributed by atoms with van der Waals surface area (Å²) < 4.78 is 5.03. The van der Waals surface area contributed by atoms with Crippen molar-refractivity contribution >= 4 is 23.0 Å². The highest BCUT2D eigenvalue weighted by Crippen LogP contribution is 2.32. The van der Waals surface area contributed by atoms with Crippen molar-refractivity contribution in [2.75, 3.05) is 24.6 Å². The third kappa shape index (κ3) is 3.05. The smallest absolute Gasteiger partial charge is 0.334 e. The predicted molar refractivity (Wildman–Crippen MR) is 69.3 cm³/mol. The Hall–Kier alpha value is -2.75. The van der Waals surface area contributed by atoms with Crippen molar-refractivity contribution in [1.29, 1.82) is 0 Å². The third-order valence-electron chi connectivity index (χ3n) is 3.05. The van der Waals surface area contributed by atoms with E-state index in [1.54, 1.807) is 0 Å². The van der Waals surface area contributed by atoms with E-state index >= 15 is 0 Å². The summed E-state index contributed by atoms with van der Waals surface area (Å²) in [6, 6.07) is 3.26. The highest BCUT2D eigenvalue weighted by atomic mass is 16.6. The Morgan fingerprint density at radius 3 is 2.62 bits per heavy atom. The van der Waals surface area contributed by atoms with Gasteiger partial charge in [0.1, 0.15) is 5.69 Å². The molecule has 1 fully saturated rings. The van der Waals surface area contributed by atoms with E-state index in [1.165, 1.54) is 11.0 Å². The lowest BCUT2D eigenvalue weighted by atomic mass is 10.2. The Morgan fingerprint density at radius 2 is 2.05 bits per heavy atom. The van der Waals surface area contributed by atoms with Gasteiger partial charge in [-0.2, -0.15) is 0 Å². The van der Waals surface area contributed by atoms with E-state index in [0.29, 0.717) is 0 Å². The number of nitro benzene ring substituents is 2. The van der Waals surface area contributed by atoms with Gasteiger partial charge in [-0.1, -0.05) is 0 Å². The van der Waals surface area contributed by atoms with Crippen LogP contribution in [0.2, 0.25) is 0 Å². The van der Waals surface area contributed by atoms with Gasteiger partial charge in [-0.3, -0.25) is 20.2 Å². The lowest BCUT2D eigenvalue weighted by Gasteiger charge is -2.32. The van der Waals surface area contributed by atoms with Crippen LogP contribution in [0.4, 0.5) is 17.1 Å². The van der Waals surface area contributed by atoms with Gasteiger partial charge in [0.2, 0.25) is 0 Å². The second-order valence-corrected chi connectivity index (χ2v) is 4.33. The maximum absolute atomic E-state index is 11.1. The van der Waals surface area contributed by atoms with Gasteiger partial charge in [-0.15, -0.1) is 0 Å². The lowest BCUT2D eigenvalue weighted by Crippen LogP contribution is -2.46. The minimum absolute atomic E-state index is 0.0615. The first-order valence-electron chi connectivity index (χ1n) is 5.92. The van der Waals surface area contributed by atoms with Gasteiger partial charge in [-0.05, 0) is 6.07 Å². The molecule has 0 saturated carbocycles. The number of hydrogen-bond donors (Lipinski definition) is 1.